The number of aryl methyl sites for hydroxylation is 2. The van der Waals surface area contributed by atoms with E-state index in [-0.39, 0.29) is 5.82 Å². The average molecular weight is 411 g/mol. The van der Waals surface area contributed by atoms with Crippen molar-refractivity contribution in [3.63, 3.8) is 0 Å². The third-order valence-corrected chi connectivity index (χ3v) is 5.47. The zero-order chi connectivity index (χ0) is 21.9. The minimum atomic E-state index is -0.162. The van der Waals surface area contributed by atoms with E-state index in [0.717, 1.165) is 49.7 Å². The molecule has 0 atom stereocenters. The maximum absolute atomic E-state index is 14.5. The molecular formula is C30H31F. The van der Waals surface area contributed by atoms with E-state index in [1.807, 2.05) is 36.4 Å². The summed E-state index contributed by atoms with van der Waals surface area (Å²) in [5.41, 5.74) is 6.48. The second-order valence-electron chi connectivity index (χ2n) is 7.86. The highest BCUT2D eigenvalue weighted by Gasteiger charge is 2.06. The molecule has 0 saturated carbocycles. The molecule has 0 bridgehead atoms. The molecule has 3 rings (SSSR count). The fraction of sp³-hybridized carbons (Fsp3) is 0.200. The first-order valence-electron chi connectivity index (χ1n) is 11.0. The van der Waals surface area contributed by atoms with Crippen LogP contribution >= 0.6 is 0 Å². The van der Waals surface area contributed by atoms with Crippen LogP contribution in [-0.4, -0.2) is 0 Å². The molecule has 3 aromatic carbocycles. The Balaban J connectivity index is 1.53. The van der Waals surface area contributed by atoms with Crippen LogP contribution < -0.4 is 0 Å². The lowest BCUT2D eigenvalue weighted by Crippen LogP contribution is -1.90. The quantitative estimate of drug-likeness (QED) is 0.280. The largest absolute Gasteiger partial charge is 0.206 e. The van der Waals surface area contributed by atoms with E-state index in [4.69, 9.17) is 0 Å². The van der Waals surface area contributed by atoms with Gasteiger partial charge in [-0.25, -0.2) is 4.39 Å². The van der Waals surface area contributed by atoms with Crippen molar-refractivity contribution in [2.24, 2.45) is 0 Å². The minimum Gasteiger partial charge on any atom is -0.206 e. The first-order chi connectivity index (χ1) is 15.2. The Labute approximate surface area is 186 Å². The summed E-state index contributed by atoms with van der Waals surface area (Å²) in [5.74, 6) is -0.162. The van der Waals surface area contributed by atoms with E-state index >= 15 is 0 Å². The summed E-state index contributed by atoms with van der Waals surface area (Å²) in [4.78, 5) is 0. The SMILES string of the molecule is C=CCCc1ccc(C/C=C/Cc2ccc(-c3ccc(CCC=C)cc3F)cc2)cc1. The second-order valence-corrected chi connectivity index (χ2v) is 7.86. The van der Waals surface area contributed by atoms with Crippen molar-refractivity contribution >= 4 is 0 Å². The predicted molar refractivity (Wildman–Crippen MR) is 132 cm³/mol. The monoisotopic (exact) mass is 410 g/mol. The Morgan fingerprint density at radius 3 is 1.65 bits per heavy atom. The van der Waals surface area contributed by atoms with E-state index in [1.165, 1.54) is 16.7 Å². The molecule has 0 nitrogen and oxygen atoms in total. The molecule has 0 fully saturated rings. The van der Waals surface area contributed by atoms with Crippen LogP contribution in [0.5, 0.6) is 0 Å². The van der Waals surface area contributed by atoms with Gasteiger partial charge >= 0.3 is 0 Å². The number of hydrogen-bond acceptors (Lipinski definition) is 0. The summed E-state index contributed by atoms with van der Waals surface area (Å²) in [6, 6.07) is 22.5. The molecule has 158 valence electrons. The summed E-state index contributed by atoms with van der Waals surface area (Å²) >= 11 is 0. The molecule has 0 aliphatic heterocycles. The summed E-state index contributed by atoms with van der Waals surface area (Å²) in [5, 5.41) is 0. The van der Waals surface area contributed by atoms with Crippen molar-refractivity contribution in [3.8, 4) is 11.1 Å². The van der Waals surface area contributed by atoms with E-state index < -0.39 is 0 Å². The molecule has 0 aromatic heterocycles. The molecule has 0 unspecified atom stereocenters. The van der Waals surface area contributed by atoms with Gasteiger partial charge in [-0.1, -0.05) is 85.0 Å². The predicted octanol–water partition coefficient (Wildman–Crippen LogP) is 8.07. The molecule has 0 N–H and O–H groups in total. The van der Waals surface area contributed by atoms with E-state index in [0.29, 0.717) is 5.56 Å². The average Bonchev–Trinajstić information content (AvgIpc) is 2.80. The van der Waals surface area contributed by atoms with Gasteiger partial charge in [0, 0.05) is 5.56 Å². The summed E-state index contributed by atoms with van der Waals surface area (Å²) in [6.07, 6.45) is 13.8. The van der Waals surface area contributed by atoms with Gasteiger partial charge in [-0.05, 0) is 72.4 Å². The molecule has 1 heteroatoms. The normalized spacial score (nSPS) is 11.0. The molecule has 0 aliphatic carbocycles. The smallest absolute Gasteiger partial charge is 0.131 e. The highest BCUT2D eigenvalue weighted by atomic mass is 19.1. The maximum atomic E-state index is 14.5. The van der Waals surface area contributed by atoms with Gasteiger partial charge in [0.1, 0.15) is 5.82 Å². The van der Waals surface area contributed by atoms with Gasteiger partial charge in [-0.3, -0.25) is 0 Å². The van der Waals surface area contributed by atoms with Gasteiger partial charge in [-0.2, -0.15) is 0 Å². The van der Waals surface area contributed by atoms with Crippen LogP contribution in [0.4, 0.5) is 4.39 Å². The highest BCUT2D eigenvalue weighted by Crippen LogP contribution is 2.25. The van der Waals surface area contributed by atoms with Gasteiger partial charge in [0.2, 0.25) is 0 Å². The number of allylic oxidation sites excluding steroid dienone is 4. The number of benzene rings is 3. The standard InChI is InChI=1S/C30H31F/c1-3-5-9-24-13-15-25(16-14-24)11-7-8-12-26-17-20-28(21-18-26)29-22-19-27(10-6-4-2)23-30(29)31/h3-4,7-8,13-23H,1-2,5-6,9-12H2/b8-7+. The Morgan fingerprint density at radius 2 is 1.10 bits per heavy atom. The highest BCUT2D eigenvalue weighted by molar-refractivity contribution is 5.64. The lowest BCUT2D eigenvalue weighted by molar-refractivity contribution is 0.629. The molecule has 0 aliphatic rings. The summed E-state index contributed by atoms with van der Waals surface area (Å²) < 4.78 is 14.5. The molecule has 0 saturated heterocycles. The third-order valence-electron chi connectivity index (χ3n) is 5.47. The fourth-order valence-corrected chi connectivity index (χ4v) is 3.59. The first kappa shape index (κ1) is 22.5. The van der Waals surface area contributed by atoms with Crippen LogP contribution in [0, 0.1) is 5.82 Å². The van der Waals surface area contributed by atoms with E-state index in [9.17, 15) is 4.39 Å². The van der Waals surface area contributed by atoms with Crippen LogP contribution in [0.15, 0.2) is 104 Å². The maximum Gasteiger partial charge on any atom is 0.131 e. The van der Waals surface area contributed by atoms with Gasteiger partial charge in [0.05, 0.1) is 0 Å². The fourth-order valence-electron chi connectivity index (χ4n) is 3.59. The van der Waals surface area contributed by atoms with Crippen molar-refractivity contribution in [1.29, 1.82) is 0 Å². The Bertz CT molecular complexity index is 1010. The van der Waals surface area contributed by atoms with Gasteiger partial charge in [-0.15, -0.1) is 13.2 Å². The van der Waals surface area contributed by atoms with Crippen molar-refractivity contribution in [1.82, 2.24) is 0 Å². The topological polar surface area (TPSA) is 0 Å². The van der Waals surface area contributed by atoms with Crippen LogP contribution in [-0.2, 0) is 25.7 Å². The van der Waals surface area contributed by atoms with E-state index in [1.54, 1.807) is 6.07 Å². The van der Waals surface area contributed by atoms with Crippen molar-refractivity contribution < 1.29 is 4.39 Å². The third kappa shape index (κ3) is 6.93. The molecular weight excluding hydrogens is 379 g/mol. The second kappa shape index (κ2) is 11.9. The molecule has 0 radical (unpaired) electrons. The Kier molecular flexibility index (Phi) is 8.60. The molecule has 0 amide bonds. The van der Waals surface area contributed by atoms with Crippen molar-refractivity contribution in [2.75, 3.05) is 0 Å². The van der Waals surface area contributed by atoms with Crippen LogP contribution in [0.25, 0.3) is 11.1 Å². The lowest BCUT2D eigenvalue weighted by Gasteiger charge is -2.07. The summed E-state index contributed by atoms with van der Waals surface area (Å²) in [7, 11) is 0. The van der Waals surface area contributed by atoms with E-state index in [2.05, 4.69) is 61.7 Å². The van der Waals surface area contributed by atoms with Gasteiger partial charge in [0.15, 0.2) is 0 Å². The number of halogens is 1. The first-order valence-corrected chi connectivity index (χ1v) is 11.0. The Hall–Kier alpha value is -3.19. The van der Waals surface area contributed by atoms with Gasteiger partial charge in [0.25, 0.3) is 0 Å². The lowest BCUT2D eigenvalue weighted by atomic mass is 9.99. The van der Waals surface area contributed by atoms with Gasteiger partial charge < -0.3 is 0 Å². The van der Waals surface area contributed by atoms with Crippen molar-refractivity contribution in [3.05, 3.63) is 132 Å². The van der Waals surface area contributed by atoms with Crippen molar-refractivity contribution in [2.45, 2.75) is 38.5 Å². The zero-order valence-electron chi connectivity index (χ0n) is 18.2. The number of rotatable bonds is 11. The summed E-state index contributed by atoms with van der Waals surface area (Å²) in [6.45, 7) is 7.50. The van der Waals surface area contributed by atoms with Crippen LogP contribution in [0.3, 0.4) is 0 Å². The minimum absolute atomic E-state index is 0.162. The Morgan fingerprint density at radius 1 is 0.613 bits per heavy atom. The number of hydrogen-bond donors (Lipinski definition) is 0. The molecule has 31 heavy (non-hydrogen) atoms. The molecule has 3 aromatic rings. The van der Waals surface area contributed by atoms with Crippen LogP contribution in [0.2, 0.25) is 0 Å². The molecule has 0 heterocycles. The van der Waals surface area contributed by atoms with Crippen LogP contribution in [0.1, 0.15) is 35.1 Å². The zero-order valence-corrected chi connectivity index (χ0v) is 18.2. The molecule has 0 spiro atoms.